The largest absolute Gasteiger partial charge is 0.368 e. The summed E-state index contributed by atoms with van der Waals surface area (Å²) >= 11 is 0. The number of nitrogens with zero attached hydrogens (tertiary/aromatic N) is 5. The van der Waals surface area contributed by atoms with Gasteiger partial charge in [-0.05, 0) is 25.0 Å². The predicted octanol–water partition coefficient (Wildman–Crippen LogP) is 2.53. The standard InChI is InChI=1S/C18H17F2N7/c19-13-4-18(5-13,15-14(20)2-1-3-22-15)10-27-17-25-8-12(9-26-17)11-6-23-16(21)24-7-11/h1-3,6-9,13H,4-5,10H2,(H2,21,23,24)(H,25,26,27)/t13-,18-. The van der Waals surface area contributed by atoms with Crippen molar-refractivity contribution in [3.05, 3.63) is 54.6 Å². The second kappa shape index (κ2) is 6.82. The minimum atomic E-state index is -0.956. The normalized spacial score (nSPS) is 21.5. The molecule has 0 radical (unpaired) electrons. The lowest BCUT2D eigenvalue weighted by Gasteiger charge is -2.43. The summed E-state index contributed by atoms with van der Waals surface area (Å²) in [7, 11) is 0. The Hall–Kier alpha value is -3.23. The highest BCUT2D eigenvalue weighted by molar-refractivity contribution is 5.60. The van der Waals surface area contributed by atoms with E-state index in [0.717, 1.165) is 11.1 Å². The fraction of sp³-hybridized carbons (Fsp3) is 0.278. The highest BCUT2D eigenvalue weighted by atomic mass is 19.1. The summed E-state index contributed by atoms with van der Waals surface area (Å²) in [5, 5.41) is 3.07. The Morgan fingerprint density at radius 1 is 1.04 bits per heavy atom. The minimum Gasteiger partial charge on any atom is -0.368 e. The molecule has 4 rings (SSSR count). The van der Waals surface area contributed by atoms with Gasteiger partial charge in [0.15, 0.2) is 0 Å². The van der Waals surface area contributed by atoms with Crippen LogP contribution >= 0.6 is 0 Å². The van der Waals surface area contributed by atoms with Crippen molar-refractivity contribution in [3.63, 3.8) is 0 Å². The Balaban J connectivity index is 1.49. The van der Waals surface area contributed by atoms with E-state index >= 15 is 0 Å². The Labute approximate surface area is 154 Å². The molecule has 0 amide bonds. The summed E-state index contributed by atoms with van der Waals surface area (Å²) in [5.74, 6) is 0.135. The van der Waals surface area contributed by atoms with E-state index in [1.165, 1.54) is 18.3 Å². The Morgan fingerprint density at radius 3 is 2.26 bits per heavy atom. The van der Waals surface area contributed by atoms with Crippen LogP contribution < -0.4 is 11.1 Å². The molecule has 27 heavy (non-hydrogen) atoms. The Bertz CT molecular complexity index is 925. The summed E-state index contributed by atoms with van der Waals surface area (Å²) in [4.78, 5) is 20.5. The lowest BCUT2D eigenvalue weighted by atomic mass is 9.65. The van der Waals surface area contributed by atoms with Gasteiger partial charge in [-0.2, -0.15) is 0 Å². The van der Waals surface area contributed by atoms with Gasteiger partial charge >= 0.3 is 0 Å². The SMILES string of the molecule is Nc1ncc(-c2cnc(NC[C@]3(c4ncccc4F)C[C@H](F)C3)nc2)cn1. The lowest BCUT2D eigenvalue weighted by molar-refractivity contribution is 0.0963. The van der Waals surface area contributed by atoms with E-state index in [4.69, 9.17) is 5.73 Å². The third-order valence-electron chi connectivity index (χ3n) is 4.73. The number of rotatable bonds is 5. The molecular formula is C18H17F2N7. The van der Waals surface area contributed by atoms with Gasteiger partial charge in [0.1, 0.15) is 12.0 Å². The number of hydrogen-bond acceptors (Lipinski definition) is 7. The van der Waals surface area contributed by atoms with Gasteiger partial charge in [0, 0.05) is 54.1 Å². The Morgan fingerprint density at radius 2 is 1.67 bits per heavy atom. The molecule has 1 aliphatic rings. The average molecular weight is 369 g/mol. The average Bonchev–Trinajstić information content (AvgIpc) is 2.66. The molecule has 0 aromatic carbocycles. The molecule has 0 saturated heterocycles. The molecule has 0 spiro atoms. The monoisotopic (exact) mass is 369 g/mol. The van der Waals surface area contributed by atoms with Crippen molar-refractivity contribution in [2.45, 2.75) is 24.4 Å². The smallest absolute Gasteiger partial charge is 0.222 e. The summed E-state index contributed by atoms with van der Waals surface area (Å²) in [6.45, 7) is 0.297. The van der Waals surface area contributed by atoms with Crippen LogP contribution in [0.5, 0.6) is 0 Å². The molecule has 3 aromatic rings. The molecule has 9 heteroatoms. The molecule has 3 N–H and O–H groups in total. The molecule has 0 atom stereocenters. The minimum absolute atomic E-state index is 0.191. The van der Waals surface area contributed by atoms with Gasteiger partial charge in [-0.15, -0.1) is 0 Å². The van der Waals surface area contributed by atoms with E-state index in [-0.39, 0.29) is 24.5 Å². The van der Waals surface area contributed by atoms with Crippen molar-refractivity contribution < 1.29 is 8.78 Å². The van der Waals surface area contributed by atoms with Gasteiger partial charge in [-0.25, -0.2) is 28.7 Å². The first-order chi connectivity index (χ1) is 13.1. The van der Waals surface area contributed by atoms with Crippen LogP contribution in [0.2, 0.25) is 0 Å². The number of nitrogen functional groups attached to an aromatic ring is 1. The number of nitrogens with one attached hydrogen (secondary N) is 1. The zero-order chi connectivity index (χ0) is 18.9. The maximum atomic E-state index is 14.2. The van der Waals surface area contributed by atoms with Gasteiger partial charge in [0.2, 0.25) is 11.9 Å². The number of anilines is 2. The number of nitrogens with two attached hydrogens (primary N) is 1. The second-order valence-electron chi connectivity index (χ2n) is 6.60. The number of pyridine rings is 1. The summed E-state index contributed by atoms with van der Waals surface area (Å²) in [6, 6.07) is 2.87. The number of alkyl halides is 1. The quantitative estimate of drug-likeness (QED) is 0.712. The van der Waals surface area contributed by atoms with Crippen LogP contribution in [0.25, 0.3) is 11.1 Å². The highest BCUT2D eigenvalue weighted by Gasteiger charge is 2.48. The van der Waals surface area contributed by atoms with E-state index in [9.17, 15) is 8.78 Å². The number of hydrogen-bond donors (Lipinski definition) is 2. The summed E-state index contributed by atoms with van der Waals surface area (Å²) < 4.78 is 27.8. The predicted molar refractivity (Wildman–Crippen MR) is 96.0 cm³/mol. The molecular weight excluding hydrogens is 352 g/mol. The fourth-order valence-corrected chi connectivity index (χ4v) is 3.29. The molecule has 138 valence electrons. The molecule has 0 unspecified atom stereocenters. The van der Waals surface area contributed by atoms with E-state index in [2.05, 4.69) is 30.2 Å². The van der Waals surface area contributed by atoms with Crippen molar-refractivity contribution in [3.8, 4) is 11.1 Å². The summed E-state index contributed by atoms with van der Waals surface area (Å²) in [6.07, 6.45) is 7.41. The van der Waals surface area contributed by atoms with Crippen LogP contribution in [-0.2, 0) is 5.41 Å². The van der Waals surface area contributed by atoms with Gasteiger partial charge in [0.25, 0.3) is 0 Å². The second-order valence-corrected chi connectivity index (χ2v) is 6.60. The zero-order valence-electron chi connectivity index (χ0n) is 14.3. The first kappa shape index (κ1) is 17.2. The Kier molecular flexibility index (Phi) is 4.35. The van der Waals surface area contributed by atoms with Crippen molar-refractivity contribution in [2.24, 2.45) is 0 Å². The summed E-state index contributed by atoms with van der Waals surface area (Å²) in [5.41, 5.74) is 6.53. The molecule has 3 heterocycles. The van der Waals surface area contributed by atoms with Crippen molar-refractivity contribution in [1.82, 2.24) is 24.9 Å². The van der Waals surface area contributed by atoms with Crippen LogP contribution in [-0.4, -0.2) is 37.6 Å². The molecule has 1 aliphatic carbocycles. The van der Waals surface area contributed by atoms with Crippen LogP contribution in [0.1, 0.15) is 18.5 Å². The van der Waals surface area contributed by atoms with Gasteiger partial charge in [-0.3, -0.25) is 4.98 Å². The van der Waals surface area contributed by atoms with Crippen molar-refractivity contribution in [1.29, 1.82) is 0 Å². The first-order valence-electron chi connectivity index (χ1n) is 8.45. The fourth-order valence-electron chi connectivity index (χ4n) is 3.29. The molecule has 1 fully saturated rings. The number of halogens is 2. The van der Waals surface area contributed by atoms with Crippen molar-refractivity contribution >= 4 is 11.9 Å². The van der Waals surface area contributed by atoms with E-state index in [1.807, 2.05) is 0 Å². The van der Waals surface area contributed by atoms with Crippen molar-refractivity contribution in [2.75, 3.05) is 17.6 Å². The maximum absolute atomic E-state index is 14.2. The third kappa shape index (κ3) is 3.40. The molecule has 7 nitrogen and oxygen atoms in total. The topological polar surface area (TPSA) is 102 Å². The molecule has 0 bridgehead atoms. The van der Waals surface area contributed by atoms with Gasteiger partial charge in [-0.1, -0.05) is 0 Å². The molecule has 3 aromatic heterocycles. The van der Waals surface area contributed by atoms with E-state index < -0.39 is 17.4 Å². The van der Waals surface area contributed by atoms with Gasteiger partial charge in [0.05, 0.1) is 5.69 Å². The van der Waals surface area contributed by atoms with Crippen LogP contribution in [0.3, 0.4) is 0 Å². The lowest BCUT2D eigenvalue weighted by Crippen LogP contribution is -2.49. The highest BCUT2D eigenvalue weighted by Crippen LogP contribution is 2.45. The van der Waals surface area contributed by atoms with Crippen LogP contribution in [0.4, 0.5) is 20.7 Å². The van der Waals surface area contributed by atoms with Gasteiger partial charge < -0.3 is 11.1 Å². The van der Waals surface area contributed by atoms with E-state index in [1.54, 1.807) is 24.8 Å². The third-order valence-corrected chi connectivity index (χ3v) is 4.73. The van der Waals surface area contributed by atoms with Crippen LogP contribution in [0, 0.1) is 5.82 Å². The molecule has 1 saturated carbocycles. The first-order valence-corrected chi connectivity index (χ1v) is 8.45. The number of aromatic nitrogens is 5. The maximum Gasteiger partial charge on any atom is 0.222 e. The zero-order valence-corrected chi connectivity index (χ0v) is 14.3. The molecule has 0 aliphatic heterocycles. The van der Waals surface area contributed by atoms with E-state index in [0.29, 0.717) is 12.5 Å². The van der Waals surface area contributed by atoms with Crippen LogP contribution in [0.15, 0.2) is 43.1 Å².